The van der Waals surface area contributed by atoms with E-state index in [1.165, 1.54) is 12.1 Å². The zero-order chi connectivity index (χ0) is 20.8. The number of alkyl halides is 3. The first-order valence-corrected chi connectivity index (χ1v) is 9.22. The van der Waals surface area contributed by atoms with Crippen molar-refractivity contribution < 1.29 is 22.5 Å². The summed E-state index contributed by atoms with van der Waals surface area (Å²) >= 11 is 12.8. The Bertz CT molecular complexity index is 1050. The van der Waals surface area contributed by atoms with Crippen LogP contribution in [0.1, 0.15) is 29.8 Å². The second-order valence-corrected chi connectivity index (χ2v) is 7.47. The molecule has 0 unspecified atom stereocenters. The molecule has 4 rings (SSSR count). The standard InChI is InChI=1S/C19H12Cl2F3N3O2/c20-13-7-12(25-9-28)8-14(21)15(13)18(5-6-18)17-26-16(29-27-17)10-1-3-11(4-2-10)19(22,23)24/h1-4,7-9H,5-6H2,(H,25,28). The van der Waals surface area contributed by atoms with E-state index in [-0.39, 0.29) is 5.89 Å². The van der Waals surface area contributed by atoms with E-state index < -0.39 is 17.2 Å². The van der Waals surface area contributed by atoms with Gasteiger partial charge < -0.3 is 9.84 Å². The van der Waals surface area contributed by atoms with Crippen molar-refractivity contribution in [1.82, 2.24) is 10.1 Å². The van der Waals surface area contributed by atoms with Crippen molar-refractivity contribution in [1.29, 1.82) is 0 Å². The summed E-state index contributed by atoms with van der Waals surface area (Å²) in [5.74, 6) is 0.457. The Morgan fingerprint density at radius 3 is 2.24 bits per heavy atom. The number of carbonyl (C=O) groups excluding carboxylic acids is 1. The number of halogens is 5. The largest absolute Gasteiger partial charge is 0.416 e. The van der Waals surface area contributed by atoms with E-state index in [9.17, 15) is 18.0 Å². The van der Waals surface area contributed by atoms with Crippen molar-refractivity contribution in [3.8, 4) is 11.5 Å². The number of rotatable bonds is 5. The molecule has 0 aliphatic heterocycles. The molecule has 0 spiro atoms. The molecule has 29 heavy (non-hydrogen) atoms. The van der Waals surface area contributed by atoms with Crippen LogP contribution in [0.15, 0.2) is 40.9 Å². The summed E-state index contributed by atoms with van der Waals surface area (Å²) in [5.41, 5.74) is 0.0457. The van der Waals surface area contributed by atoms with E-state index >= 15 is 0 Å². The van der Waals surface area contributed by atoms with Crippen LogP contribution in [0.2, 0.25) is 10.0 Å². The highest BCUT2D eigenvalue weighted by Crippen LogP contribution is 2.57. The van der Waals surface area contributed by atoms with Crippen LogP contribution >= 0.6 is 23.2 Å². The van der Waals surface area contributed by atoms with Gasteiger partial charge >= 0.3 is 6.18 Å². The van der Waals surface area contributed by atoms with Gasteiger partial charge in [0.05, 0.1) is 11.0 Å². The van der Waals surface area contributed by atoms with Crippen molar-refractivity contribution in [2.24, 2.45) is 0 Å². The normalized spacial score (nSPS) is 15.2. The molecular weight excluding hydrogens is 430 g/mol. The van der Waals surface area contributed by atoms with Crippen molar-refractivity contribution >= 4 is 35.3 Å². The highest BCUT2D eigenvalue weighted by atomic mass is 35.5. The van der Waals surface area contributed by atoms with E-state index in [2.05, 4.69) is 15.5 Å². The van der Waals surface area contributed by atoms with E-state index in [1.54, 1.807) is 12.1 Å². The third-order valence-electron chi connectivity index (χ3n) is 4.81. The van der Waals surface area contributed by atoms with E-state index in [4.69, 9.17) is 27.7 Å². The van der Waals surface area contributed by atoms with Crippen LogP contribution in [0.5, 0.6) is 0 Å². The minimum absolute atomic E-state index is 0.103. The number of hydrogen-bond acceptors (Lipinski definition) is 4. The van der Waals surface area contributed by atoms with E-state index in [0.29, 0.717) is 51.9 Å². The topological polar surface area (TPSA) is 68.0 Å². The van der Waals surface area contributed by atoms with Gasteiger partial charge in [-0.1, -0.05) is 28.4 Å². The third-order valence-corrected chi connectivity index (χ3v) is 5.41. The molecule has 1 fully saturated rings. The van der Waals surface area contributed by atoms with Gasteiger partial charge in [0.15, 0.2) is 5.82 Å². The van der Waals surface area contributed by atoms with Gasteiger partial charge in [-0.15, -0.1) is 0 Å². The van der Waals surface area contributed by atoms with Crippen LogP contribution in [0.3, 0.4) is 0 Å². The molecule has 1 N–H and O–H groups in total. The molecule has 10 heteroatoms. The molecule has 0 atom stereocenters. The monoisotopic (exact) mass is 441 g/mol. The number of anilines is 1. The van der Waals surface area contributed by atoms with Gasteiger partial charge in [-0.25, -0.2) is 0 Å². The van der Waals surface area contributed by atoms with Crippen LogP contribution < -0.4 is 5.32 Å². The summed E-state index contributed by atoms with van der Waals surface area (Å²) in [4.78, 5) is 15.0. The number of hydrogen-bond donors (Lipinski definition) is 1. The Balaban J connectivity index is 1.67. The molecule has 1 amide bonds. The van der Waals surface area contributed by atoms with Crippen LogP contribution in [0.25, 0.3) is 11.5 Å². The SMILES string of the molecule is O=CNc1cc(Cl)c(C2(c3noc(-c4ccc(C(F)(F)F)cc4)n3)CC2)c(Cl)c1. The molecule has 1 heterocycles. The number of amides is 1. The van der Waals surface area contributed by atoms with Crippen molar-refractivity contribution in [3.63, 3.8) is 0 Å². The quantitative estimate of drug-likeness (QED) is 0.514. The minimum atomic E-state index is -4.42. The van der Waals surface area contributed by atoms with E-state index in [0.717, 1.165) is 12.1 Å². The Morgan fingerprint density at radius 2 is 1.72 bits per heavy atom. The van der Waals surface area contributed by atoms with Crippen molar-refractivity contribution in [3.05, 3.63) is 63.4 Å². The predicted octanol–water partition coefficient (Wildman–Crippen LogP) is 5.71. The van der Waals surface area contributed by atoms with Crippen LogP contribution in [-0.4, -0.2) is 16.6 Å². The molecule has 150 valence electrons. The summed E-state index contributed by atoms with van der Waals surface area (Å²) in [5, 5.41) is 7.20. The Labute approximate surface area is 172 Å². The first-order valence-electron chi connectivity index (χ1n) is 8.46. The zero-order valence-corrected chi connectivity index (χ0v) is 16.1. The molecule has 2 aromatic carbocycles. The smallest absolute Gasteiger partial charge is 0.334 e. The van der Waals surface area contributed by atoms with Gasteiger partial charge in [0.25, 0.3) is 5.89 Å². The predicted molar refractivity (Wildman–Crippen MR) is 101 cm³/mol. The summed E-state index contributed by atoms with van der Waals surface area (Å²) < 4.78 is 43.5. The molecule has 5 nitrogen and oxygen atoms in total. The van der Waals surface area contributed by atoms with Gasteiger partial charge in [-0.2, -0.15) is 18.2 Å². The number of nitrogens with zero attached hydrogens (tertiary/aromatic N) is 2. The average molecular weight is 442 g/mol. The Morgan fingerprint density at radius 1 is 1.10 bits per heavy atom. The molecule has 1 aliphatic carbocycles. The molecule has 1 aromatic heterocycles. The van der Waals surface area contributed by atoms with Crippen molar-refractivity contribution in [2.45, 2.75) is 24.4 Å². The van der Waals surface area contributed by atoms with E-state index in [1.807, 2.05) is 0 Å². The average Bonchev–Trinajstić information content (AvgIpc) is 3.28. The van der Waals surface area contributed by atoms with Crippen LogP contribution in [0, 0.1) is 0 Å². The second-order valence-electron chi connectivity index (χ2n) is 6.66. The lowest BCUT2D eigenvalue weighted by molar-refractivity contribution is -0.137. The molecule has 3 aromatic rings. The molecule has 1 saturated carbocycles. The number of carbonyl (C=O) groups is 1. The maximum absolute atomic E-state index is 12.7. The minimum Gasteiger partial charge on any atom is -0.334 e. The van der Waals surface area contributed by atoms with Crippen LogP contribution in [0.4, 0.5) is 18.9 Å². The molecular formula is C19H12Cl2F3N3O2. The fraction of sp³-hybridized carbons (Fsp3) is 0.211. The molecule has 1 aliphatic rings. The fourth-order valence-corrected chi connectivity index (χ4v) is 4.08. The highest BCUT2D eigenvalue weighted by molar-refractivity contribution is 6.37. The molecule has 0 radical (unpaired) electrons. The van der Waals surface area contributed by atoms with Crippen LogP contribution in [-0.2, 0) is 16.4 Å². The Kier molecular flexibility index (Phi) is 4.78. The lowest BCUT2D eigenvalue weighted by Gasteiger charge is -2.16. The maximum atomic E-state index is 12.7. The first kappa shape index (κ1) is 19.7. The Hall–Kier alpha value is -2.58. The lowest BCUT2D eigenvalue weighted by Crippen LogP contribution is -2.13. The summed E-state index contributed by atoms with van der Waals surface area (Å²) in [6.45, 7) is 0. The zero-order valence-electron chi connectivity index (χ0n) is 14.6. The fourth-order valence-electron chi connectivity index (χ4n) is 3.23. The summed E-state index contributed by atoms with van der Waals surface area (Å²) in [7, 11) is 0. The first-order chi connectivity index (χ1) is 13.7. The molecule has 0 bridgehead atoms. The summed E-state index contributed by atoms with van der Waals surface area (Å²) in [6.07, 6.45) is -2.54. The van der Waals surface area contributed by atoms with Gasteiger partial charge in [0.2, 0.25) is 6.41 Å². The highest BCUT2D eigenvalue weighted by Gasteiger charge is 2.52. The van der Waals surface area contributed by atoms with Gasteiger partial charge in [-0.05, 0) is 49.2 Å². The van der Waals surface area contributed by atoms with Gasteiger partial charge in [0.1, 0.15) is 0 Å². The number of nitrogens with one attached hydrogen (secondary N) is 1. The summed E-state index contributed by atoms with van der Waals surface area (Å²) in [6, 6.07) is 7.62. The number of benzene rings is 2. The molecule has 0 saturated heterocycles. The lowest BCUT2D eigenvalue weighted by atomic mass is 9.94. The van der Waals surface area contributed by atoms with Crippen molar-refractivity contribution in [2.75, 3.05) is 5.32 Å². The number of aromatic nitrogens is 2. The van der Waals surface area contributed by atoms with Gasteiger partial charge in [0, 0.05) is 26.9 Å². The maximum Gasteiger partial charge on any atom is 0.416 e. The second kappa shape index (κ2) is 7.03. The third kappa shape index (κ3) is 3.58. The van der Waals surface area contributed by atoms with Gasteiger partial charge in [-0.3, -0.25) is 4.79 Å².